The van der Waals surface area contributed by atoms with E-state index in [9.17, 15) is 0 Å². The molecule has 0 fully saturated rings. The van der Waals surface area contributed by atoms with Gasteiger partial charge in [-0.3, -0.25) is 0 Å². The van der Waals surface area contributed by atoms with Crippen LogP contribution in [0.3, 0.4) is 0 Å². The molecule has 0 saturated heterocycles. The third kappa shape index (κ3) is 2.94. The molecule has 0 aliphatic rings. The zero-order valence-corrected chi connectivity index (χ0v) is 11.4. The van der Waals surface area contributed by atoms with Crippen LogP contribution in [0.4, 0.5) is 5.69 Å². The second-order valence-electron chi connectivity index (χ2n) is 3.24. The number of nitrogens with two attached hydrogens (primary N) is 1. The minimum Gasteiger partial charge on any atom is -0.398 e. The van der Waals surface area contributed by atoms with Crippen molar-refractivity contribution in [3.63, 3.8) is 0 Å². The number of hydrogen-bond acceptors (Lipinski definition) is 2. The summed E-state index contributed by atoms with van der Waals surface area (Å²) in [5.74, 6) is 0. The molecule has 0 aliphatic carbocycles. The Balaban J connectivity index is 2.20. The second-order valence-corrected chi connectivity index (χ2v) is 5.71. The Hall–Kier alpha value is -0.640. The molecular formula is C12H9BrClNS. The van der Waals surface area contributed by atoms with Crippen LogP contribution in [0, 0.1) is 0 Å². The van der Waals surface area contributed by atoms with Crippen LogP contribution < -0.4 is 5.73 Å². The molecule has 2 aromatic rings. The van der Waals surface area contributed by atoms with Crippen LogP contribution in [0.15, 0.2) is 56.7 Å². The summed E-state index contributed by atoms with van der Waals surface area (Å²) in [5.41, 5.74) is 6.27. The van der Waals surface area contributed by atoms with E-state index in [0.29, 0.717) is 10.7 Å². The van der Waals surface area contributed by atoms with E-state index < -0.39 is 0 Å². The Morgan fingerprint density at radius 2 is 1.62 bits per heavy atom. The van der Waals surface area contributed by atoms with Gasteiger partial charge in [0.25, 0.3) is 0 Å². The lowest BCUT2D eigenvalue weighted by atomic mass is 10.3. The largest absolute Gasteiger partial charge is 0.398 e. The summed E-state index contributed by atoms with van der Waals surface area (Å²) in [6.45, 7) is 0. The lowest BCUT2D eigenvalue weighted by Crippen LogP contribution is -1.85. The molecule has 0 aliphatic heterocycles. The predicted molar refractivity (Wildman–Crippen MR) is 74.1 cm³/mol. The van der Waals surface area contributed by atoms with Gasteiger partial charge in [0.05, 0.1) is 10.7 Å². The van der Waals surface area contributed by atoms with Crippen molar-refractivity contribution in [1.82, 2.24) is 0 Å². The molecule has 82 valence electrons. The molecule has 16 heavy (non-hydrogen) atoms. The summed E-state index contributed by atoms with van der Waals surface area (Å²) in [6, 6.07) is 13.8. The van der Waals surface area contributed by atoms with Crippen molar-refractivity contribution in [1.29, 1.82) is 0 Å². The minimum absolute atomic E-state index is 0.599. The molecule has 0 heterocycles. The fourth-order valence-corrected chi connectivity index (χ4v) is 2.58. The Labute approximate surface area is 112 Å². The van der Waals surface area contributed by atoms with Gasteiger partial charge in [-0.15, -0.1) is 0 Å². The van der Waals surface area contributed by atoms with Gasteiger partial charge in [-0.1, -0.05) is 39.3 Å². The smallest absolute Gasteiger partial charge is 0.0646 e. The van der Waals surface area contributed by atoms with Gasteiger partial charge in [0.2, 0.25) is 0 Å². The molecule has 0 unspecified atom stereocenters. The number of hydrogen-bond donors (Lipinski definition) is 1. The lowest BCUT2D eigenvalue weighted by molar-refractivity contribution is 1.40. The molecule has 0 spiro atoms. The van der Waals surface area contributed by atoms with Crippen molar-refractivity contribution in [2.45, 2.75) is 9.79 Å². The van der Waals surface area contributed by atoms with Crippen molar-refractivity contribution in [2.24, 2.45) is 0 Å². The molecule has 0 aromatic heterocycles. The normalized spacial score (nSPS) is 10.4. The van der Waals surface area contributed by atoms with Gasteiger partial charge < -0.3 is 5.73 Å². The molecule has 0 amide bonds. The first-order chi connectivity index (χ1) is 7.65. The highest BCUT2D eigenvalue weighted by atomic mass is 79.9. The first kappa shape index (κ1) is 11.8. The number of halogens is 2. The molecular weight excluding hydrogens is 306 g/mol. The van der Waals surface area contributed by atoms with E-state index in [-0.39, 0.29) is 0 Å². The minimum atomic E-state index is 0.599. The Bertz CT molecular complexity index is 499. The van der Waals surface area contributed by atoms with E-state index in [2.05, 4.69) is 28.1 Å². The number of nitrogen functional groups attached to an aromatic ring is 1. The summed E-state index contributed by atoms with van der Waals surface area (Å²) < 4.78 is 1.08. The van der Waals surface area contributed by atoms with E-state index in [1.807, 2.05) is 30.3 Å². The fourth-order valence-electron chi connectivity index (χ4n) is 1.21. The molecule has 0 atom stereocenters. The van der Waals surface area contributed by atoms with Crippen LogP contribution in [0.5, 0.6) is 0 Å². The van der Waals surface area contributed by atoms with Crippen LogP contribution in [-0.2, 0) is 0 Å². The molecule has 2 N–H and O–H groups in total. The van der Waals surface area contributed by atoms with Crippen molar-refractivity contribution in [3.05, 3.63) is 52.0 Å². The highest BCUT2D eigenvalue weighted by molar-refractivity contribution is 9.10. The molecule has 0 saturated carbocycles. The summed E-state index contributed by atoms with van der Waals surface area (Å²) >= 11 is 11.0. The zero-order valence-electron chi connectivity index (χ0n) is 8.28. The highest BCUT2D eigenvalue weighted by Gasteiger charge is 2.00. The predicted octanol–water partition coefficient (Wildman–Crippen LogP) is 4.84. The topological polar surface area (TPSA) is 26.0 Å². The van der Waals surface area contributed by atoms with E-state index in [1.54, 1.807) is 11.8 Å². The first-order valence-electron chi connectivity index (χ1n) is 4.63. The van der Waals surface area contributed by atoms with Gasteiger partial charge in [-0.2, -0.15) is 0 Å². The van der Waals surface area contributed by atoms with Crippen LogP contribution in [0.1, 0.15) is 0 Å². The van der Waals surface area contributed by atoms with Crippen LogP contribution in [0.25, 0.3) is 0 Å². The summed E-state index contributed by atoms with van der Waals surface area (Å²) in [6.07, 6.45) is 0. The Kier molecular flexibility index (Phi) is 3.79. The standard InChI is InChI=1S/C12H9BrClNS/c13-8-1-3-9(4-2-8)16-10-5-6-12(15)11(14)7-10/h1-7H,15H2. The van der Waals surface area contributed by atoms with Crippen molar-refractivity contribution < 1.29 is 0 Å². The maximum absolute atomic E-state index is 5.96. The second kappa shape index (κ2) is 5.13. The number of benzene rings is 2. The number of anilines is 1. The molecule has 2 rings (SSSR count). The number of rotatable bonds is 2. The summed E-state index contributed by atoms with van der Waals surface area (Å²) in [4.78, 5) is 2.26. The van der Waals surface area contributed by atoms with Crippen molar-refractivity contribution >= 4 is 45.0 Å². The fraction of sp³-hybridized carbons (Fsp3) is 0. The zero-order chi connectivity index (χ0) is 11.5. The van der Waals surface area contributed by atoms with Crippen LogP contribution in [0.2, 0.25) is 5.02 Å². The molecule has 2 aromatic carbocycles. The third-order valence-corrected chi connectivity index (χ3v) is 3.87. The monoisotopic (exact) mass is 313 g/mol. The van der Waals surface area contributed by atoms with Gasteiger partial charge in [0.15, 0.2) is 0 Å². The maximum Gasteiger partial charge on any atom is 0.0646 e. The van der Waals surface area contributed by atoms with Crippen molar-refractivity contribution in [3.8, 4) is 0 Å². The third-order valence-electron chi connectivity index (χ3n) is 2.02. The lowest BCUT2D eigenvalue weighted by Gasteiger charge is -2.04. The van der Waals surface area contributed by atoms with E-state index in [4.69, 9.17) is 17.3 Å². The average molecular weight is 315 g/mol. The highest BCUT2D eigenvalue weighted by Crippen LogP contribution is 2.32. The van der Waals surface area contributed by atoms with Gasteiger partial charge >= 0.3 is 0 Å². The molecule has 4 heteroatoms. The van der Waals surface area contributed by atoms with Gasteiger partial charge in [-0.25, -0.2) is 0 Å². The van der Waals surface area contributed by atoms with Gasteiger partial charge in [0, 0.05) is 14.3 Å². The van der Waals surface area contributed by atoms with Crippen LogP contribution in [-0.4, -0.2) is 0 Å². The van der Waals surface area contributed by atoms with Gasteiger partial charge in [0.1, 0.15) is 0 Å². The van der Waals surface area contributed by atoms with E-state index >= 15 is 0 Å². The Morgan fingerprint density at radius 3 is 2.25 bits per heavy atom. The summed E-state index contributed by atoms with van der Waals surface area (Å²) in [7, 11) is 0. The Morgan fingerprint density at radius 1 is 1.00 bits per heavy atom. The summed E-state index contributed by atoms with van der Waals surface area (Å²) in [5, 5.41) is 0.599. The quantitative estimate of drug-likeness (QED) is 0.803. The maximum atomic E-state index is 5.96. The van der Waals surface area contributed by atoms with E-state index in [1.165, 1.54) is 4.90 Å². The van der Waals surface area contributed by atoms with E-state index in [0.717, 1.165) is 9.37 Å². The van der Waals surface area contributed by atoms with Crippen molar-refractivity contribution in [2.75, 3.05) is 5.73 Å². The van der Waals surface area contributed by atoms with Gasteiger partial charge in [-0.05, 0) is 42.5 Å². The SMILES string of the molecule is Nc1ccc(Sc2ccc(Br)cc2)cc1Cl. The molecule has 1 nitrogen and oxygen atoms in total. The van der Waals surface area contributed by atoms with Crippen LogP contribution >= 0.6 is 39.3 Å². The molecule has 0 radical (unpaired) electrons. The first-order valence-corrected chi connectivity index (χ1v) is 6.62. The average Bonchev–Trinajstić information content (AvgIpc) is 2.27. The molecule has 0 bridgehead atoms.